The van der Waals surface area contributed by atoms with E-state index in [9.17, 15) is 9.59 Å². The van der Waals surface area contributed by atoms with Crippen LogP contribution in [-0.2, 0) is 6.42 Å². The maximum atomic E-state index is 12.3. The van der Waals surface area contributed by atoms with Crippen molar-refractivity contribution in [3.05, 3.63) is 52.0 Å². The lowest BCUT2D eigenvalue weighted by molar-refractivity contribution is 0.0912. The Morgan fingerprint density at radius 1 is 1.09 bits per heavy atom. The smallest absolute Gasteiger partial charge is 0.270 e. The van der Waals surface area contributed by atoms with Crippen LogP contribution in [0.3, 0.4) is 0 Å². The Labute approximate surface area is 194 Å². The Hall–Kier alpha value is -2.74. The fraction of sp³-hybridized carbons (Fsp3) is 0.600. The molecule has 3 heterocycles. The molecule has 0 spiro atoms. The molecule has 2 aromatic heterocycles. The van der Waals surface area contributed by atoms with E-state index in [-0.39, 0.29) is 11.5 Å². The summed E-state index contributed by atoms with van der Waals surface area (Å²) >= 11 is 0. The molecule has 2 aromatic rings. The molecule has 1 saturated heterocycles. The van der Waals surface area contributed by atoms with Crippen LogP contribution >= 0.6 is 0 Å². The van der Waals surface area contributed by atoms with E-state index >= 15 is 0 Å². The van der Waals surface area contributed by atoms with Crippen LogP contribution in [0, 0.1) is 0 Å². The minimum atomic E-state index is -0.0623. The molecule has 0 aromatic carbocycles. The summed E-state index contributed by atoms with van der Waals surface area (Å²) in [4.78, 5) is 41.2. The Morgan fingerprint density at radius 3 is 2.55 bits per heavy atom. The lowest BCUT2D eigenvalue weighted by Crippen LogP contribution is -2.49. The monoisotopic (exact) mass is 450 g/mol. The van der Waals surface area contributed by atoms with Crippen molar-refractivity contribution in [3.63, 3.8) is 0 Å². The van der Waals surface area contributed by atoms with Gasteiger partial charge in [0.25, 0.3) is 11.5 Å². The summed E-state index contributed by atoms with van der Waals surface area (Å²) in [5.74, 6) is 0.328. The van der Waals surface area contributed by atoms with Gasteiger partial charge in [-0.1, -0.05) is 6.92 Å². The van der Waals surface area contributed by atoms with Gasteiger partial charge in [-0.3, -0.25) is 19.5 Å². The third-order valence-corrected chi connectivity index (χ3v) is 7.68. The minimum absolute atomic E-state index is 0.0350. The zero-order valence-electron chi connectivity index (χ0n) is 19.4. The number of amides is 1. The van der Waals surface area contributed by atoms with Crippen molar-refractivity contribution in [1.29, 1.82) is 0 Å². The number of rotatable bonds is 6. The number of nitrogens with one attached hydrogen (secondary N) is 2. The maximum Gasteiger partial charge on any atom is 0.270 e. The van der Waals surface area contributed by atoms with Crippen molar-refractivity contribution in [2.24, 2.45) is 0 Å². The van der Waals surface area contributed by atoms with Crippen molar-refractivity contribution in [1.82, 2.24) is 25.2 Å². The van der Waals surface area contributed by atoms with Crippen LogP contribution in [-0.4, -0.2) is 64.0 Å². The largest absolute Gasteiger partial charge is 0.368 e. The highest BCUT2D eigenvalue weighted by Gasteiger charge is 2.32. The first-order chi connectivity index (χ1) is 16.1. The number of aromatic nitrogens is 3. The lowest BCUT2D eigenvalue weighted by atomic mass is 9.93. The molecule has 2 saturated carbocycles. The van der Waals surface area contributed by atoms with Gasteiger partial charge in [-0.05, 0) is 57.1 Å². The number of H-pyrrole nitrogens is 1. The van der Waals surface area contributed by atoms with Gasteiger partial charge in [-0.25, -0.2) is 4.98 Å². The number of hydrogen-bond donors (Lipinski definition) is 2. The number of aromatic amines is 1. The molecule has 3 aliphatic rings. The van der Waals surface area contributed by atoms with Crippen LogP contribution in [0.25, 0.3) is 0 Å². The van der Waals surface area contributed by atoms with E-state index in [0.717, 1.165) is 69.7 Å². The summed E-state index contributed by atoms with van der Waals surface area (Å²) in [7, 11) is 0. The highest BCUT2D eigenvalue weighted by atomic mass is 16.2. The minimum Gasteiger partial charge on any atom is -0.368 e. The number of carbonyl (C=O) groups excluding carboxylic acids is 1. The first-order valence-corrected chi connectivity index (χ1v) is 12.4. The average Bonchev–Trinajstić information content (AvgIpc) is 3.32. The maximum absolute atomic E-state index is 12.3. The highest BCUT2D eigenvalue weighted by molar-refractivity contribution is 5.92. The summed E-state index contributed by atoms with van der Waals surface area (Å²) in [5, 5.41) is 3.05. The molecule has 1 amide bonds. The Kier molecular flexibility index (Phi) is 6.44. The molecule has 2 N–H and O–H groups in total. The molecular formula is C25H34N6O2. The quantitative estimate of drug-likeness (QED) is 0.702. The summed E-state index contributed by atoms with van der Waals surface area (Å²) in [6, 6.07) is 4.75. The SMILES string of the molecule is CCc1ncc(C2CCC(N3CCN(c4ccc(C(=O)NC5CCC5)nc4)CC3)C2)[nH]c1=O. The van der Waals surface area contributed by atoms with Crippen molar-refractivity contribution in [3.8, 4) is 0 Å². The van der Waals surface area contributed by atoms with Gasteiger partial charge >= 0.3 is 0 Å². The zero-order valence-corrected chi connectivity index (χ0v) is 19.4. The van der Waals surface area contributed by atoms with E-state index in [0.29, 0.717) is 35.8 Å². The van der Waals surface area contributed by atoms with Crippen LogP contribution in [0.15, 0.2) is 29.3 Å². The molecule has 33 heavy (non-hydrogen) atoms. The second-order valence-electron chi connectivity index (χ2n) is 9.66. The molecule has 3 fully saturated rings. The summed E-state index contributed by atoms with van der Waals surface area (Å²) < 4.78 is 0. The van der Waals surface area contributed by atoms with Gasteiger partial charge in [0.2, 0.25) is 0 Å². The first-order valence-electron chi connectivity index (χ1n) is 12.4. The predicted molar refractivity (Wildman–Crippen MR) is 128 cm³/mol. The Morgan fingerprint density at radius 2 is 1.91 bits per heavy atom. The van der Waals surface area contributed by atoms with Crippen molar-refractivity contribution >= 4 is 11.6 Å². The lowest BCUT2D eigenvalue weighted by Gasteiger charge is -2.39. The number of pyridine rings is 1. The van der Waals surface area contributed by atoms with Gasteiger partial charge in [0.1, 0.15) is 11.4 Å². The van der Waals surface area contributed by atoms with Gasteiger partial charge < -0.3 is 15.2 Å². The first kappa shape index (κ1) is 22.1. The molecule has 1 aliphatic heterocycles. The van der Waals surface area contributed by atoms with Crippen LogP contribution in [0.2, 0.25) is 0 Å². The van der Waals surface area contributed by atoms with Crippen LogP contribution in [0.1, 0.15) is 73.2 Å². The van der Waals surface area contributed by atoms with Crippen molar-refractivity contribution < 1.29 is 4.79 Å². The van der Waals surface area contributed by atoms with Gasteiger partial charge in [-0.15, -0.1) is 0 Å². The molecule has 2 unspecified atom stereocenters. The van der Waals surface area contributed by atoms with Crippen LogP contribution in [0.4, 0.5) is 5.69 Å². The number of piperazine rings is 1. The predicted octanol–water partition coefficient (Wildman–Crippen LogP) is 2.47. The molecule has 2 aliphatic carbocycles. The number of carbonyl (C=O) groups is 1. The standard InChI is InChI=1S/C25H34N6O2/c1-2-21-24(32)29-23(16-27-21)17-6-7-19(14-17)30-10-12-31(13-11-30)20-8-9-22(26-15-20)25(33)28-18-4-3-5-18/h8-9,15-19H,2-7,10-14H2,1H3,(H,28,33)(H,29,32). The molecule has 176 valence electrons. The zero-order chi connectivity index (χ0) is 22.8. The van der Waals surface area contributed by atoms with E-state index in [1.807, 2.05) is 31.5 Å². The molecule has 5 rings (SSSR count). The third-order valence-electron chi connectivity index (χ3n) is 7.68. The van der Waals surface area contributed by atoms with Gasteiger partial charge in [0, 0.05) is 56.1 Å². The molecule has 0 bridgehead atoms. The molecule has 2 atom stereocenters. The molecule has 8 heteroatoms. The van der Waals surface area contributed by atoms with Crippen molar-refractivity contribution in [2.45, 2.75) is 69.9 Å². The summed E-state index contributed by atoms with van der Waals surface area (Å²) in [6.45, 7) is 5.91. The number of hydrogen-bond acceptors (Lipinski definition) is 6. The van der Waals surface area contributed by atoms with E-state index in [4.69, 9.17) is 0 Å². The summed E-state index contributed by atoms with van der Waals surface area (Å²) in [6.07, 6.45) is 11.1. The highest BCUT2D eigenvalue weighted by Crippen LogP contribution is 2.36. The number of anilines is 1. The number of nitrogens with zero attached hydrogens (tertiary/aromatic N) is 4. The van der Waals surface area contributed by atoms with Crippen LogP contribution in [0.5, 0.6) is 0 Å². The fourth-order valence-corrected chi connectivity index (χ4v) is 5.34. The summed E-state index contributed by atoms with van der Waals surface area (Å²) in [5.41, 5.74) is 3.16. The van der Waals surface area contributed by atoms with E-state index in [2.05, 4.69) is 30.1 Å². The van der Waals surface area contributed by atoms with E-state index in [1.54, 1.807) is 0 Å². The van der Waals surface area contributed by atoms with E-state index in [1.165, 1.54) is 6.42 Å². The fourth-order valence-electron chi connectivity index (χ4n) is 5.34. The topological polar surface area (TPSA) is 94.2 Å². The normalized spacial score (nSPS) is 24.0. The van der Waals surface area contributed by atoms with E-state index < -0.39 is 0 Å². The average molecular weight is 451 g/mol. The van der Waals surface area contributed by atoms with Gasteiger partial charge in [0.05, 0.1) is 11.9 Å². The van der Waals surface area contributed by atoms with Gasteiger partial charge in [-0.2, -0.15) is 0 Å². The van der Waals surface area contributed by atoms with Crippen molar-refractivity contribution in [2.75, 3.05) is 31.1 Å². The van der Waals surface area contributed by atoms with Gasteiger partial charge in [0.15, 0.2) is 0 Å². The molecular weight excluding hydrogens is 416 g/mol. The molecule has 0 radical (unpaired) electrons. The Balaban J connectivity index is 1.12. The van der Waals surface area contributed by atoms with Crippen LogP contribution < -0.4 is 15.8 Å². The number of aryl methyl sites for hydroxylation is 1. The molecule has 8 nitrogen and oxygen atoms in total. The third kappa shape index (κ3) is 4.81. The Bertz CT molecular complexity index is 1020. The second-order valence-corrected chi connectivity index (χ2v) is 9.66. The second kappa shape index (κ2) is 9.63.